The van der Waals surface area contributed by atoms with Crippen molar-refractivity contribution in [1.29, 1.82) is 5.26 Å². The minimum atomic E-state index is -0.295. The maximum absolute atomic E-state index is 11.8. The number of nitriles is 1. The van der Waals surface area contributed by atoms with Crippen LogP contribution in [0.3, 0.4) is 0 Å². The SMILES string of the molecule is N#CCOc1ccccc1NC(=O)c1ccoc1. The summed E-state index contributed by atoms with van der Waals surface area (Å²) in [5.41, 5.74) is 0.934. The Kier molecular flexibility index (Phi) is 3.62. The van der Waals surface area contributed by atoms with Crippen LogP contribution in [-0.4, -0.2) is 12.5 Å². The van der Waals surface area contributed by atoms with Gasteiger partial charge in [-0.25, -0.2) is 0 Å². The van der Waals surface area contributed by atoms with Crippen LogP contribution in [-0.2, 0) is 0 Å². The first-order chi connectivity index (χ1) is 8.81. The molecule has 0 aliphatic rings. The third-order valence-electron chi connectivity index (χ3n) is 2.21. The molecule has 0 atom stereocenters. The number of nitrogens with zero attached hydrogens (tertiary/aromatic N) is 1. The molecule has 0 bridgehead atoms. The van der Waals surface area contributed by atoms with E-state index in [2.05, 4.69) is 5.32 Å². The molecule has 0 aliphatic heterocycles. The molecule has 1 amide bonds. The highest BCUT2D eigenvalue weighted by Gasteiger charge is 2.10. The van der Waals surface area contributed by atoms with Crippen LogP contribution >= 0.6 is 0 Å². The molecule has 0 saturated heterocycles. The Balaban J connectivity index is 2.14. The molecule has 2 rings (SSSR count). The molecule has 1 aromatic carbocycles. The second-order valence-electron chi connectivity index (χ2n) is 3.41. The maximum Gasteiger partial charge on any atom is 0.259 e. The van der Waals surface area contributed by atoms with Gasteiger partial charge in [0.05, 0.1) is 17.5 Å². The summed E-state index contributed by atoms with van der Waals surface area (Å²) in [7, 11) is 0. The van der Waals surface area contributed by atoms with E-state index < -0.39 is 0 Å². The summed E-state index contributed by atoms with van der Waals surface area (Å²) in [6, 6.07) is 10.4. The van der Waals surface area contributed by atoms with E-state index in [1.807, 2.05) is 6.07 Å². The van der Waals surface area contributed by atoms with E-state index >= 15 is 0 Å². The van der Waals surface area contributed by atoms with Crippen molar-refractivity contribution in [1.82, 2.24) is 0 Å². The Bertz CT molecular complexity index is 570. The number of anilines is 1. The van der Waals surface area contributed by atoms with Gasteiger partial charge in [0.25, 0.3) is 5.91 Å². The number of ether oxygens (including phenoxy) is 1. The maximum atomic E-state index is 11.8. The van der Waals surface area contributed by atoms with Crippen LogP contribution in [0, 0.1) is 11.3 Å². The standard InChI is InChI=1S/C13H10N2O3/c14-6-8-18-12-4-2-1-3-11(12)15-13(16)10-5-7-17-9-10/h1-5,7,9H,8H2,(H,15,16). The number of hydrogen-bond donors (Lipinski definition) is 1. The van der Waals surface area contributed by atoms with Crippen molar-refractivity contribution >= 4 is 11.6 Å². The zero-order valence-electron chi connectivity index (χ0n) is 9.42. The van der Waals surface area contributed by atoms with Gasteiger partial charge in [-0.3, -0.25) is 4.79 Å². The quantitative estimate of drug-likeness (QED) is 0.893. The van der Waals surface area contributed by atoms with Crippen molar-refractivity contribution in [2.24, 2.45) is 0 Å². The van der Waals surface area contributed by atoms with Crippen molar-refractivity contribution < 1.29 is 13.9 Å². The topological polar surface area (TPSA) is 75.3 Å². The molecule has 0 saturated carbocycles. The number of rotatable bonds is 4. The number of amides is 1. The predicted molar refractivity (Wildman–Crippen MR) is 64.2 cm³/mol. The van der Waals surface area contributed by atoms with Gasteiger partial charge < -0.3 is 14.5 Å². The molecule has 0 radical (unpaired) electrons. The molecule has 18 heavy (non-hydrogen) atoms. The molecule has 0 fully saturated rings. The van der Waals surface area contributed by atoms with Gasteiger partial charge in [-0.15, -0.1) is 0 Å². The smallest absolute Gasteiger partial charge is 0.259 e. The molecule has 1 aromatic heterocycles. The van der Waals surface area contributed by atoms with Crippen molar-refractivity contribution in [3.63, 3.8) is 0 Å². The van der Waals surface area contributed by atoms with Gasteiger partial charge in [-0.2, -0.15) is 5.26 Å². The number of para-hydroxylation sites is 2. The van der Waals surface area contributed by atoms with Crippen LogP contribution in [0.25, 0.3) is 0 Å². The van der Waals surface area contributed by atoms with Crippen LogP contribution in [0.5, 0.6) is 5.75 Å². The van der Waals surface area contributed by atoms with Crippen molar-refractivity contribution in [2.75, 3.05) is 11.9 Å². The number of carbonyl (C=O) groups is 1. The number of nitrogens with one attached hydrogen (secondary N) is 1. The van der Waals surface area contributed by atoms with Crippen molar-refractivity contribution in [3.05, 3.63) is 48.4 Å². The molecule has 0 unspecified atom stereocenters. The Morgan fingerprint density at radius 1 is 1.39 bits per heavy atom. The van der Waals surface area contributed by atoms with Crippen LogP contribution in [0.2, 0.25) is 0 Å². The van der Waals surface area contributed by atoms with Crippen LogP contribution in [0.1, 0.15) is 10.4 Å². The average Bonchev–Trinajstić information content (AvgIpc) is 2.91. The fraction of sp³-hybridized carbons (Fsp3) is 0.0769. The Morgan fingerprint density at radius 2 is 2.22 bits per heavy atom. The van der Waals surface area contributed by atoms with Gasteiger partial charge in [0.1, 0.15) is 18.1 Å². The molecule has 0 spiro atoms. The highest BCUT2D eigenvalue weighted by molar-refractivity contribution is 6.04. The zero-order chi connectivity index (χ0) is 12.8. The summed E-state index contributed by atoms with van der Waals surface area (Å²) in [4.78, 5) is 11.8. The minimum Gasteiger partial charge on any atom is -0.477 e. The van der Waals surface area contributed by atoms with E-state index in [1.165, 1.54) is 12.5 Å². The summed E-state index contributed by atoms with van der Waals surface area (Å²) < 4.78 is 10.0. The lowest BCUT2D eigenvalue weighted by Crippen LogP contribution is -2.12. The average molecular weight is 242 g/mol. The molecule has 1 N–H and O–H groups in total. The van der Waals surface area contributed by atoms with Crippen LogP contribution in [0.15, 0.2) is 47.3 Å². The van der Waals surface area contributed by atoms with Gasteiger partial charge >= 0.3 is 0 Å². The summed E-state index contributed by atoms with van der Waals surface area (Å²) in [6.07, 6.45) is 2.78. The fourth-order valence-corrected chi connectivity index (χ4v) is 1.39. The van der Waals surface area contributed by atoms with Crippen molar-refractivity contribution in [3.8, 4) is 11.8 Å². The molecule has 2 aromatic rings. The van der Waals surface area contributed by atoms with Gasteiger partial charge in [0.2, 0.25) is 0 Å². The number of hydrogen-bond acceptors (Lipinski definition) is 4. The lowest BCUT2D eigenvalue weighted by Gasteiger charge is -2.09. The van der Waals surface area contributed by atoms with E-state index in [4.69, 9.17) is 14.4 Å². The lowest BCUT2D eigenvalue weighted by molar-refractivity contribution is 0.102. The Hall–Kier alpha value is -2.74. The summed E-state index contributed by atoms with van der Waals surface area (Å²) >= 11 is 0. The van der Waals surface area contributed by atoms with E-state index in [-0.39, 0.29) is 12.5 Å². The number of furan rings is 1. The van der Waals surface area contributed by atoms with E-state index in [1.54, 1.807) is 30.3 Å². The molecule has 90 valence electrons. The second kappa shape index (κ2) is 5.55. The lowest BCUT2D eigenvalue weighted by atomic mass is 10.2. The molecular weight excluding hydrogens is 232 g/mol. The minimum absolute atomic E-state index is 0.0708. The van der Waals surface area contributed by atoms with Gasteiger partial charge in [-0.1, -0.05) is 12.1 Å². The largest absolute Gasteiger partial charge is 0.477 e. The van der Waals surface area contributed by atoms with E-state index in [0.29, 0.717) is 17.0 Å². The molecule has 5 heteroatoms. The normalized spacial score (nSPS) is 9.50. The fourth-order valence-electron chi connectivity index (χ4n) is 1.39. The van der Waals surface area contributed by atoms with Gasteiger partial charge in [0, 0.05) is 0 Å². The first kappa shape index (κ1) is 11.7. The first-order valence-corrected chi connectivity index (χ1v) is 5.23. The summed E-state index contributed by atoms with van der Waals surface area (Å²) in [5, 5.41) is 11.2. The van der Waals surface area contributed by atoms with Crippen molar-refractivity contribution in [2.45, 2.75) is 0 Å². The number of benzene rings is 1. The molecule has 0 aliphatic carbocycles. The Labute approximate surface area is 104 Å². The highest BCUT2D eigenvalue weighted by atomic mass is 16.5. The summed E-state index contributed by atoms with van der Waals surface area (Å²) in [5.74, 6) is 0.160. The third-order valence-corrected chi connectivity index (χ3v) is 2.21. The highest BCUT2D eigenvalue weighted by Crippen LogP contribution is 2.24. The molecular formula is C13H10N2O3. The number of carbonyl (C=O) groups excluding carboxylic acids is 1. The zero-order valence-corrected chi connectivity index (χ0v) is 9.42. The second-order valence-corrected chi connectivity index (χ2v) is 3.41. The molecule has 1 heterocycles. The van der Waals surface area contributed by atoms with E-state index in [0.717, 1.165) is 0 Å². The predicted octanol–water partition coefficient (Wildman–Crippen LogP) is 2.43. The monoisotopic (exact) mass is 242 g/mol. The third kappa shape index (κ3) is 2.68. The molecule has 5 nitrogen and oxygen atoms in total. The summed E-state index contributed by atoms with van der Waals surface area (Å²) in [6.45, 7) is -0.0708. The van der Waals surface area contributed by atoms with Crippen LogP contribution in [0.4, 0.5) is 5.69 Å². The van der Waals surface area contributed by atoms with Gasteiger partial charge in [0.15, 0.2) is 6.61 Å². The Morgan fingerprint density at radius 3 is 2.94 bits per heavy atom. The van der Waals surface area contributed by atoms with Crippen LogP contribution < -0.4 is 10.1 Å². The van der Waals surface area contributed by atoms with Gasteiger partial charge in [-0.05, 0) is 18.2 Å². The van der Waals surface area contributed by atoms with E-state index in [9.17, 15) is 4.79 Å². The first-order valence-electron chi connectivity index (χ1n) is 5.23.